The summed E-state index contributed by atoms with van der Waals surface area (Å²) in [4.78, 5) is 18.1. The van der Waals surface area contributed by atoms with Crippen LogP contribution in [0.5, 0.6) is 0 Å². The van der Waals surface area contributed by atoms with E-state index in [1.165, 1.54) is 0 Å². The third-order valence-electron chi connectivity index (χ3n) is 4.87. The van der Waals surface area contributed by atoms with Crippen LogP contribution >= 0.6 is 15.9 Å². The van der Waals surface area contributed by atoms with Crippen LogP contribution < -0.4 is 5.48 Å². The molecule has 2 aromatic rings. The van der Waals surface area contributed by atoms with Crippen molar-refractivity contribution in [2.75, 3.05) is 6.61 Å². The van der Waals surface area contributed by atoms with E-state index in [4.69, 9.17) is 9.57 Å². The van der Waals surface area contributed by atoms with E-state index in [1.54, 1.807) is 0 Å². The Morgan fingerprint density at radius 1 is 1.27 bits per heavy atom. The number of carbonyl (C=O) groups excluding carboxylic acids is 1. The second-order valence-electron chi connectivity index (χ2n) is 6.72. The SMILES string of the molecule is O=C(NOC1CCCCO1)c1nn(-c2cccc(Br)c2)c2c1CCCC2. The first-order chi connectivity index (χ1) is 12.7. The van der Waals surface area contributed by atoms with Crippen molar-refractivity contribution in [3.63, 3.8) is 0 Å². The molecule has 2 heterocycles. The Hall–Kier alpha value is -1.70. The average Bonchev–Trinajstić information content (AvgIpc) is 3.07. The number of ether oxygens (including phenoxy) is 1. The smallest absolute Gasteiger partial charge is 0.295 e. The van der Waals surface area contributed by atoms with Crippen molar-refractivity contribution in [1.82, 2.24) is 15.3 Å². The molecule has 1 aromatic carbocycles. The molecule has 1 atom stereocenters. The summed E-state index contributed by atoms with van der Waals surface area (Å²) in [7, 11) is 0. The van der Waals surface area contributed by atoms with Crippen molar-refractivity contribution >= 4 is 21.8 Å². The summed E-state index contributed by atoms with van der Waals surface area (Å²) in [5.74, 6) is -0.300. The lowest BCUT2D eigenvalue weighted by Crippen LogP contribution is -2.33. The van der Waals surface area contributed by atoms with E-state index >= 15 is 0 Å². The van der Waals surface area contributed by atoms with E-state index in [-0.39, 0.29) is 12.2 Å². The molecule has 1 saturated heterocycles. The number of hydrogen-bond donors (Lipinski definition) is 1. The molecule has 1 aromatic heterocycles. The molecule has 0 spiro atoms. The van der Waals surface area contributed by atoms with E-state index < -0.39 is 0 Å². The third kappa shape index (κ3) is 3.70. The maximum atomic E-state index is 12.7. The van der Waals surface area contributed by atoms with Gasteiger partial charge in [-0.2, -0.15) is 5.10 Å². The van der Waals surface area contributed by atoms with Gasteiger partial charge in [0, 0.05) is 28.8 Å². The van der Waals surface area contributed by atoms with Crippen LogP contribution in [0, 0.1) is 0 Å². The molecule has 7 heteroatoms. The number of nitrogens with zero attached hydrogens (tertiary/aromatic N) is 2. The number of carbonyl (C=O) groups is 1. The van der Waals surface area contributed by atoms with E-state index in [1.807, 2.05) is 28.9 Å². The highest BCUT2D eigenvalue weighted by atomic mass is 79.9. The van der Waals surface area contributed by atoms with Crippen molar-refractivity contribution in [2.24, 2.45) is 0 Å². The minimum absolute atomic E-state index is 0.300. The second-order valence-corrected chi connectivity index (χ2v) is 7.63. The van der Waals surface area contributed by atoms with Crippen molar-refractivity contribution in [3.8, 4) is 5.69 Å². The van der Waals surface area contributed by atoms with E-state index in [0.29, 0.717) is 12.3 Å². The van der Waals surface area contributed by atoms with E-state index in [0.717, 1.165) is 66.4 Å². The zero-order valence-electron chi connectivity index (χ0n) is 14.5. The quantitative estimate of drug-likeness (QED) is 0.767. The van der Waals surface area contributed by atoms with Gasteiger partial charge in [0.25, 0.3) is 5.91 Å². The number of hydrogen-bond acceptors (Lipinski definition) is 4. The zero-order chi connectivity index (χ0) is 17.9. The molecule has 0 saturated carbocycles. The Bertz CT molecular complexity index is 799. The predicted molar refractivity (Wildman–Crippen MR) is 100 cm³/mol. The molecular formula is C19H22BrN3O3. The highest BCUT2D eigenvalue weighted by molar-refractivity contribution is 9.10. The standard InChI is InChI=1S/C19H22BrN3O3/c20-13-6-5-7-14(12-13)23-16-9-2-1-8-15(16)18(21-23)19(24)22-26-17-10-3-4-11-25-17/h5-7,12,17H,1-4,8-11H2,(H,22,24). The zero-order valence-corrected chi connectivity index (χ0v) is 16.1. The van der Waals surface area contributed by atoms with Crippen LogP contribution in [0.3, 0.4) is 0 Å². The van der Waals surface area contributed by atoms with E-state index in [9.17, 15) is 4.79 Å². The van der Waals surface area contributed by atoms with E-state index in [2.05, 4.69) is 26.5 Å². The summed E-state index contributed by atoms with van der Waals surface area (Å²) >= 11 is 3.51. The molecule has 1 N–H and O–H groups in total. The molecular weight excluding hydrogens is 398 g/mol. The minimum atomic E-state index is -0.365. The number of hydroxylamine groups is 1. The van der Waals surface area contributed by atoms with Gasteiger partial charge in [0.1, 0.15) is 0 Å². The number of nitrogens with one attached hydrogen (secondary N) is 1. The summed E-state index contributed by atoms with van der Waals surface area (Å²) in [6.45, 7) is 0.674. The Labute approximate surface area is 160 Å². The van der Waals surface area contributed by atoms with Gasteiger partial charge in [-0.15, -0.1) is 0 Å². The molecule has 0 bridgehead atoms. The van der Waals surface area contributed by atoms with Crippen molar-refractivity contribution < 1.29 is 14.4 Å². The van der Waals surface area contributed by atoms with Crippen molar-refractivity contribution in [2.45, 2.75) is 51.2 Å². The third-order valence-corrected chi connectivity index (χ3v) is 5.36. The normalized spacial score (nSPS) is 19.8. The second kappa shape index (κ2) is 7.90. The highest BCUT2D eigenvalue weighted by Crippen LogP contribution is 2.28. The lowest BCUT2D eigenvalue weighted by atomic mass is 9.95. The average molecular weight is 420 g/mol. The first-order valence-electron chi connectivity index (χ1n) is 9.16. The first kappa shape index (κ1) is 17.7. The number of amides is 1. The van der Waals surface area contributed by atoms with Gasteiger partial charge < -0.3 is 4.74 Å². The molecule has 0 radical (unpaired) electrons. The largest absolute Gasteiger partial charge is 0.350 e. The summed E-state index contributed by atoms with van der Waals surface area (Å²) in [6, 6.07) is 7.96. The molecule has 1 fully saturated rings. The lowest BCUT2D eigenvalue weighted by Gasteiger charge is -2.22. The first-order valence-corrected chi connectivity index (χ1v) is 9.96. The fraction of sp³-hybridized carbons (Fsp3) is 0.474. The maximum absolute atomic E-state index is 12.7. The molecule has 1 aliphatic heterocycles. The van der Waals surface area contributed by atoms with Gasteiger partial charge in [0.15, 0.2) is 12.0 Å². The number of halogens is 1. The molecule has 1 unspecified atom stereocenters. The van der Waals surface area contributed by atoms with Gasteiger partial charge in [-0.05, 0) is 56.7 Å². The number of aromatic nitrogens is 2. The summed E-state index contributed by atoms with van der Waals surface area (Å²) < 4.78 is 8.38. The minimum Gasteiger partial charge on any atom is -0.350 e. The van der Waals surface area contributed by atoms with Crippen LogP contribution in [0.4, 0.5) is 0 Å². The van der Waals surface area contributed by atoms with Gasteiger partial charge >= 0.3 is 0 Å². The summed E-state index contributed by atoms with van der Waals surface area (Å²) in [5.41, 5.74) is 6.10. The monoisotopic (exact) mass is 419 g/mol. The fourth-order valence-electron chi connectivity index (χ4n) is 3.57. The maximum Gasteiger partial charge on any atom is 0.295 e. The van der Waals surface area contributed by atoms with Crippen LogP contribution in [-0.4, -0.2) is 28.6 Å². The van der Waals surface area contributed by atoms with Crippen LogP contribution in [-0.2, 0) is 22.4 Å². The molecule has 1 aliphatic carbocycles. The Balaban J connectivity index is 1.58. The topological polar surface area (TPSA) is 65.4 Å². The van der Waals surface area contributed by atoms with Crippen LogP contribution in [0.2, 0.25) is 0 Å². The van der Waals surface area contributed by atoms with Crippen molar-refractivity contribution in [1.29, 1.82) is 0 Å². The Kier molecular flexibility index (Phi) is 5.38. The molecule has 26 heavy (non-hydrogen) atoms. The van der Waals surface area contributed by atoms with Gasteiger partial charge in [0.2, 0.25) is 0 Å². The van der Waals surface area contributed by atoms with Crippen molar-refractivity contribution in [3.05, 3.63) is 45.7 Å². The van der Waals surface area contributed by atoms with Crippen LogP contribution in [0.1, 0.15) is 53.8 Å². The number of benzene rings is 1. The van der Waals surface area contributed by atoms with Gasteiger partial charge in [-0.25, -0.2) is 15.0 Å². The fourth-order valence-corrected chi connectivity index (χ4v) is 3.96. The molecule has 6 nitrogen and oxygen atoms in total. The predicted octanol–water partition coefficient (Wildman–Crippen LogP) is 3.70. The molecule has 1 amide bonds. The number of rotatable bonds is 4. The van der Waals surface area contributed by atoms with Gasteiger partial charge in [-0.3, -0.25) is 4.79 Å². The van der Waals surface area contributed by atoms with Crippen LogP contribution in [0.15, 0.2) is 28.7 Å². The summed E-state index contributed by atoms with van der Waals surface area (Å²) in [5, 5.41) is 4.63. The van der Waals surface area contributed by atoms with Crippen LogP contribution in [0.25, 0.3) is 5.69 Å². The van der Waals surface area contributed by atoms with Gasteiger partial charge in [0.05, 0.1) is 5.69 Å². The highest BCUT2D eigenvalue weighted by Gasteiger charge is 2.26. The molecule has 2 aliphatic rings. The van der Waals surface area contributed by atoms with Gasteiger partial charge in [-0.1, -0.05) is 22.0 Å². The Morgan fingerprint density at radius 3 is 2.96 bits per heavy atom. The summed E-state index contributed by atoms with van der Waals surface area (Å²) in [6.07, 6.45) is 6.50. The number of fused-ring (bicyclic) bond motifs is 1. The molecule has 138 valence electrons. The Morgan fingerprint density at radius 2 is 2.15 bits per heavy atom. The molecule has 4 rings (SSSR count). The lowest BCUT2D eigenvalue weighted by molar-refractivity contribution is -0.186.